The lowest BCUT2D eigenvalue weighted by atomic mass is 9.99. The van der Waals surface area contributed by atoms with E-state index in [4.69, 9.17) is 24.4 Å². The van der Waals surface area contributed by atoms with Gasteiger partial charge in [0.25, 0.3) is 0 Å². The highest BCUT2D eigenvalue weighted by atomic mass is 16.7. The topological polar surface area (TPSA) is 129 Å². The first kappa shape index (κ1) is 16.9. The first-order valence-corrected chi connectivity index (χ1v) is 6.76. The molecule has 5 atom stereocenters. The minimum Gasteiger partial charge on any atom is -0.493 e. The van der Waals surface area contributed by atoms with Gasteiger partial charge in [0.05, 0.1) is 20.3 Å². The Morgan fingerprint density at radius 1 is 1.05 bits per heavy atom. The van der Waals surface area contributed by atoms with Crippen LogP contribution in [0.15, 0.2) is 18.2 Å². The Kier molecular flexibility index (Phi) is 5.57. The molecule has 5 unspecified atom stereocenters. The Hall–Kier alpha value is -1.42. The third-order valence-corrected chi connectivity index (χ3v) is 3.50. The standard InChI is InChI=1S/C14H20O8/c1-20-9-4-7(5-15)2-3-8(9)21-14-13(19)12(18)11(17)10(6-16)22-14/h2-4,10-19H,5-6H2,1H3. The quantitative estimate of drug-likeness (QED) is 0.438. The van der Waals surface area contributed by atoms with E-state index in [1.807, 2.05) is 0 Å². The van der Waals surface area contributed by atoms with Gasteiger partial charge in [-0.3, -0.25) is 0 Å². The molecule has 0 bridgehead atoms. The van der Waals surface area contributed by atoms with E-state index >= 15 is 0 Å². The highest BCUT2D eigenvalue weighted by Crippen LogP contribution is 2.31. The van der Waals surface area contributed by atoms with Gasteiger partial charge in [0.1, 0.15) is 24.4 Å². The maximum absolute atomic E-state index is 9.92. The first-order chi connectivity index (χ1) is 10.5. The number of hydrogen-bond acceptors (Lipinski definition) is 8. The van der Waals surface area contributed by atoms with Crippen LogP contribution >= 0.6 is 0 Å². The van der Waals surface area contributed by atoms with Gasteiger partial charge in [-0.05, 0) is 17.7 Å². The van der Waals surface area contributed by atoms with Crippen molar-refractivity contribution in [3.63, 3.8) is 0 Å². The molecule has 1 fully saturated rings. The molecular formula is C14H20O8. The molecule has 0 aliphatic carbocycles. The van der Waals surface area contributed by atoms with Crippen molar-refractivity contribution in [3.8, 4) is 11.5 Å². The fraction of sp³-hybridized carbons (Fsp3) is 0.571. The van der Waals surface area contributed by atoms with Crippen LogP contribution in [0, 0.1) is 0 Å². The second kappa shape index (κ2) is 7.23. The summed E-state index contributed by atoms with van der Waals surface area (Å²) in [4.78, 5) is 0. The van der Waals surface area contributed by atoms with Crippen LogP contribution < -0.4 is 9.47 Å². The summed E-state index contributed by atoms with van der Waals surface area (Å²) in [5.74, 6) is 0.535. The Morgan fingerprint density at radius 2 is 1.77 bits per heavy atom. The van der Waals surface area contributed by atoms with Crippen LogP contribution in [0.4, 0.5) is 0 Å². The molecule has 0 radical (unpaired) electrons. The summed E-state index contributed by atoms with van der Waals surface area (Å²) in [6, 6.07) is 4.67. The van der Waals surface area contributed by atoms with Crippen molar-refractivity contribution in [2.75, 3.05) is 13.7 Å². The van der Waals surface area contributed by atoms with Crippen LogP contribution in [0.5, 0.6) is 11.5 Å². The molecule has 0 saturated carbocycles. The summed E-state index contributed by atoms with van der Waals surface area (Å²) in [7, 11) is 1.41. The van der Waals surface area contributed by atoms with Crippen molar-refractivity contribution in [1.29, 1.82) is 0 Å². The molecule has 0 spiro atoms. The Labute approximate surface area is 127 Å². The van der Waals surface area contributed by atoms with E-state index in [1.54, 1.807) is 12.1 Å². The molecule has 1 aromatic carbocycles. The third kappa shape index (κ3) is 3.32. The summed E-state index contributed by atoms with van der Waals surface area (Å²) in [6.45, 7) is -0.706. The Bertz CT molecular complexity index is 492. The monoisotopic (exact) mass is 316 g/mol. The number of hydrogen-bond donors (Lipinski definition) is 5. The molecule has 1 aliphatic rings. The first-order valence-electron chi connectivity index (χ1n) is 6.76. The molecule has 22 heavy (non-hydrogen) atoms. The SMILES string of the molecule is COc1cc(CO)ccc1OC1OC(CO)C(O)C(O)C1O. The van der Waals surface area contributed by atoms with E-state index in [0.717, 1.165) is 0 Å². The molecule has 8 heteroatoms. The molecule has 8 nitrogen and oxygen atoms in total. The summed E-state index contributed by atoms with van der Waals surface area (Å²) in [5.41, 5.74) is 0.609. The molecule has 124 valence electrons. The van der Waals surface area contributed by atoms with Crippen molar-refractivity contribution < 1.29 is 39.7 Å². The minimum absolute atomic E-state index is 0.170. The van der Waals surface area contributed by atoms with E-state index < -0.39 is 37.3 Å². The summed E-state index contributed by atoms with van der Waals surface area (Å²) >= 11 is 0. The van der Waals surface area contributed by atoms with Gasteiger partial charge in [-0.2, -0.15) is 0 Å². The van der Waals surface area contributed by atoms with Crippen LogP contribution in [0.25, 0.3) is 0 Å². The molecule has 5 N–H and O–H groups in total. The zero-order valence-electron chi connectivity index (χ0n) is 12.0. The number of methoxy groups -OCH3 is 1. The van der Waals surface area contributed by atoms with Crippen LogP contribution in [0.2, 0.25) is 0 Å². The maximum Gasteiger partial charge on any atom is 0.229 e. The van der Waals surface area contributed by atoms with Crippen molar-refractivity contribution in [2.45, 2.75) is 37.3 Å². The molecular weight excluding hydrogens is 296 g/mol. The lowest BCUT2D eigenvalue weighted by Gasteiger charge is -2.39. The molecule has 1 aromatic rings. The van der Waals surface area contributed by atoms with Crippen LogP contribution in [0.3, 0.4) is 0 Å². The van der Waals surface area contributed by atoms with Gasteiger partial charge in [0.2, 0.25) is 6.29 Å². The molecule has 1 aliphatic heterocycles. The van der Waals surface area contributed by atoms with Gasteiger partial charge >= 0.3 is 0 Å². The molecule has 0 aromatic heterocycles. The van der Waals surface area contributed by atoms with Gasteiger partial charge in [0.15, 0.2) is 11.5 Å². The highest BCUT2D eigenvalue weighted by Gasteiger charge is 2.44. The Balaban J connectivity index is 2.18. The number of rotatable bonds is 5. The van der Waals surface area contributed by atoms with Crippen molar-refractivity contribution in [1.82, 2.24) is 0 Å². The van der Waals surface area contributed by atoms with Crippen LogP contribution in [-0.2, 0) is 11.3 Å². The summed E-state index contributed by atoms with van der Waals surface area (Å²) in [5, 5.41) is 47.6. The van der Waals surface area contributed by atoms with Gasteiger partial charge < -0.3 is 39.7 Å². The number of ether oxygens (including phenoxy) is 3. The minimum atomic E-state index is -1.52. The average molecular weight is 316 g/mol. The lowest BCUT2D eigenvalue weighted by molar-refractivity contribution is -0.277. The summed E-state index contributed by atoms with van der Waals surface area (Å²) in [6.07, 6.45) is -6.80. The Morgan fingerprint density at radius 3 is 2.36 bits per heavy atom. The molecule has 1 saturated heterocycles. The largest absolute Gasteiger partial charge is 0.493 e. The van der Waals surface area contributed by atoms with Crippen LogP contribution in [-0.4, -0.2) is 70.0 Å². The van der Waals surface area contributed by atoms with Gasteiger partial charge in [0, 0.05) is 0 Å². The lowest BCUT2D eigenvalue weighted by Crippen LogP contribution is -2.60. The number of benzene rings is 1. The van der Waals surface area contributed by atoms with Gasteiger partial charge in [-0.25, -0.2) is 0 Å². The normalized spacial score (nSPS) is 31.8. The third-order valence-electron chi connectivity index (χ3n) is 3.50. The predicted molar refractivity (Wildman–Crippen MR) is 73.3 cm³/mol. The van der Waals surface area contributed by atoms with Crippen molar-refractivity contribution in [2.24, 2.45) is 0 Å². The highest BCUT2D eigenvalue weighted by molar-refractivity contribution is 5.42. The zero-order valence-corrected chi connectivity index (χ0v) is 12.0. The number of aliphatic hydroxyl groups excluding tert-OH is 5. The van der Waals surface area contributed by atoms with Gasteiger partial charge in [-0.15, -0.1) is 0 Å². The molecule has 0 amide bonds. The zero-order chi connectivity index (χ0) is 16.3. The fourth-order valence-electron chi connectivity index (χ4n) is 2.20. The predicted octanol–water partition coefficient (Wildman–Crippen LogP) is -1.63. The van der Waals surface area contributed by atoms with E-state index in [2.05, 4.69) is 0 Å². The van der Waals surface area contributed by atoms with Crippen molar-refractivity contribution >= 4 is 0 Å². The van der Waals surface area contributed by atoms with E-state index in [-0.39, 0.29) is 12.4 Å². The van der Waals surface area contributed by atoms with Crippen molar-refractivity contribution in [3.05, 3.63) is 23.8 Å². The smallest absolute Gasteiger partial charge is 0.229 e. The average Bonchev–Trinajstić information content (AvgIpc) is 2.55. The van der Waals surface area contributed by atoms with E-state index in [1.165, 1.54) is 13.2 Å². The second-order valence-electron chi connectivity index (χ2n) is 4.96. The van der Waals surface area contributed by atoms with E-state index in [9.17, 15) is 15.3 Å². The number of aliphatic hydroxyl groups is 5. The molecule has 1 heterocycles. The molecule has 2 rings (SSSR count). The second-order valence-corrected chi connectivity index (χ2v) is 4.96. The van der Waals surface area contributed by atoms with E-state index in [0.29, 0.717) is 11.3 Å². The van der Waals surface area contributed by atoms with Crippen LogP contribution in [0.1, 0.15) is 5.56 Å². The van der Waals surface area contributed by atoms with Gasteiger partial charge in [-0.1, -0.05) is 6.07 Å². The fourth-order valence-corrected chi connectivity index (χ4v) is 2.20. The summed E-state index contributed by atoms with van der Waals surface area (Å²) < 4.78 is 15.9. The maximum atomic E-state index is 9.92.